The number of unbranched alkanes of at least 4 members (excludes halogenated alkanes) is 35. The van der Waals surface area contributed by atoms with E-state index in [0.717, 1.165) is 38.5 Å². The molecule has 5 heteroatoms. The van der Waals surface area contributed by atoms with Gasteiger partial charge in [0.05, 0.1) is 31.3 Å². The molecule has 0 saturated carbocycles. The number of carbonyl (C=O) groups excluding carboxylic acids is 1. The first-order chi connectivity index (χ1) is 29.0. The Morgan fingerprint density at radius 3 is 1.08 bits per heavy atom. The van der Waals surface area contributed by atoms with Crippen molar-refractivity contribution in [1.82, 2.24) is 5.32 Å². The fraction of sp³-hybridized carbons (Fsp3) is 0.870. The second kappa shape index (κ2) is 49.2. The maximum absolute atomic E-state index is 12.5. The van der Waals surface area contributed by atoms with Crippen molar-refractivity contribution in [2.45, 2.75) is 295 Å². The van der Waals surface area contributed by atoms with Crippen molar-refractivity contribution in [1.29, 1.82) is 0 Å². The summed E-state index contributed by atoms with van der Waals surface area (Å²) in [5, 5.41) is 33.3. The minimum Gasteiger partial charge on any atom is -0.394 e. The summed E-state index contributed by atoms with van der Waals surface area (Å²) in [5.41, 5.74) is 0. The predicted octanol–water partition coefficient (Wildman–Crippen LogP) is 15.9. The van der Waals surface area contributed by atoms with Crippen LogP contribution >= 0.6 is 0 Å². The average Bonchev–Trinajstić information content (AvgIpc) is 3.23. The van der Waals surface area contributed by atoms with E-state index in [1.54, 1.807) is 6.08 Å². The van der Waals surface area contributed by atoms with Crippen molar-refractivity contribution >= 4 is 5.91 Å². The van der Waals surface area contributed by atoms with Gasteiger partial charge in [-0.25, -0.2) is 0 Å². The number of rotatable bonds is 48. The number of hydrogen-bond donors (Lipinski definition) is 4. The number of nitrogens with one attached hydrogen (secondary N) is 1. The van der Waals surface area contributed by atoms with Crippen LogP contribution in [0.25, 0.3) is 0 Å². The van der Waals surface area contributed by atoms with Crippen molar-refractivity contribution < 1.29 is 20.1 Å². The van der Waals surface area contributed by atoms with Crippen LogP contribution in [-0.2, 0) is 4.79 Å². The van der Waals surface area contributed by atoms with Crippen molar-refractivity contribution in [2.75, 3.05) is 6.61 Å². The second-order valence-corrected chi connectivity index (χ2v) is 18.1. The molecule has 0 rings (SSSR count). The summed E-state index contributed by atoms with van der Waals surface area (Å²) in [6.45, 7) is 4.22. The molecule has 0 saturated heterocycles. The van der Waals surface area contributed by atoms with E-state index in [1.807, 2.05) is 6.08 Å². The van der Waals surface area contributed by atoms with Gasteiger partial charge >= 0.3 is 0 Å². The maximum Gasteiger partial charge on any atom is 0.222 e. The van der Waals surface area contributed by atoms with Crippen molar-refractivity contribution in [2.24, 2.45) is 0 Å². The number of allylic oxidation sites excluding steroid dienone is 5. The molecule has 5 nitrogen and oxygen atoms in total. The van der Waals surface area contributed by atoms with E-state index in [-0.39, 0.29) is 18.9 Å². The molecule has 0 aromatic carbocycles. The van der Waals surface area contributed by atoms with Gasteiger partial charge in [0.1, 0.15) is 0 Å². The first kappa shape index (κ1) is 57.6. The largest absolute Gasteiger partial charge is 0.394 e. The van der Waals surface area contributed by atoms with Gasteiger partial charge < -0.3 is 20.6 Å². The highest BCUT2D eigenvalue weighted by atomic mass is 16.3. The Morgan fingerprint density at radius 1 is 0.424 bits per heavy atom. The lowest BCUT2D eigenvalue weighted by Gasteiger charge is -2.21. The lowest BCUT2D eigenvalue weighted by Crippen LogP contribution is -2.45. The zero-order chi connectivity index (χ0) is 43.0. The van der Waals surface area contributed by atoms with Crippen molar-refractivity contribution in [3.8, 4) is 0 Å². The molecule has 3 atom stereocenters. The van der Waals surface area contributed by atoms with E-state index >= 15 is 0 Å². The molecule has 0 bridgehead atoms. The van der Waals surface area contributed by atoms with Crippen LogP contribution in [0, 0.1) is 0 Å². The number of aliphatic hydroxyl groups excluding tert-OH is 3. The molecule has 0 fully saturated rings. The van der Waals surface area contributed by atoms with Gasteiger partial charge in [-0.1, -0.05) is 262 Å². The van der Waals surface area contributed by atoms with Gasteiger partial charge in [-0.3, -0.25) is 4.79 Å². The van der Waals surface area contributed by atoms with E-state index < -0.39 is 18.2 Å². The summed E-state index contributed by atoms with van der Waals surface area (Å²) in [5.74, 6) is -0.325. The van der Waals surface area contributed by atoms with Crippen LogP contribution in [0.15, 0.2) is 36.5 Å². The molecule has 0 aliphatic rings. The summed E-state index contributed by atoms with van der Waals surface area (Å²) < 4.78 is 0. The second-order valence-electron chi connectivity index (χ2n) is 18.1. The van der Waals surface area contributed by atoms with Gasteiger partial charge in [0.15, 0.2) is 0 Å². The van der Waals surface area contributed by atoms with Crippen LogP contribution in [0.5, 0.6) is 0 Å². The summed E-state index contributed by atoms with van der Waals surface area (Å²) in [7, 11) is 0. The normalized spacial score (nSPS) is 13.6. The molecule has 4 N–H and O–H groups in total. The smallest absolute Gasteiger partial charge is 0.222 e. The first-order valence-corrected chi connectivity index (χ1v) is 26.3. The van der Waals surface area contributed by atoms with Gasteiger partial charge in [0.2, 0.25) is 5.91 Å². The highest BCUT2D eigenvalue weighted by Crippen LogP contribution is 2.17. The topological polar surface area (TPSA) is 89.8 Å². The third kappa shape index (κ3) is 45.9. The van der Waals surface area contributed by atoms with Crippen LogP contribution in [-0.4, -0.2) is 46.1 Å². The van der Waals surface area contributed by atoms with Crippen LogP contribution in [0.1, 0.15) is 277 Å². The zero-order valence-electron chi connectivity index (χ0n) is 39.6. The molecule has 0 spiro atoms. The SMILES string of the molecule is CCCCCCCCCCC/C=C/CC/C=C/CC/C=C/C(O)C(CO)NC(=O)CC(O)CCCCCCCCCCCCCCCCCCCCCCCCCCC. The van der Waals surface area contributed by atoms with E-state index in [4.69, 9.17) is 0 Å². The molecule has 0 heterocycles. The molecule has 0 aromatic rings. The van der Waals surface area contributed by atoms with Gasteiger partial charge in [-0.2, -0.15) is 0 Å². The minimum atomic E-state index is -0.959. The van der Waals surface area contributed by atoms with E-state index in [2.05, 4.69) is 43.5 Å². The molecule has 348 valence electrons. The zero-order valence-corrected chi connectivity index (χ0v) is 39.6. The summed E-state index contributed by atoms with van der Waals surface area (Å²) in [6.07, 6.45) is 63.2. The van der Waals surface area contributed by atoms with Crippen LogP contribution in [0.4, 0.5) is 0 Å². The fourth-order valence-electron chi connectivity index (χ4n) is 8.14. The monoisotopic (exact) mass is 830 g/mol. The summed E-state index contributed by atoms with van der Waals surface area (Å²) in [4.78, 5) is 12.5. The maximum atomic E-state index is 12.5. The predicted molar refractivity (Wildman–Crippen MR) is 259 cm³/mol. The Morgan fingerprint density at radius 2 is 0.729 bits per heavy atom. The molecule has 0 aliphatic carbocycles. The quantitative estimate of drug-likeness (QED) is 0.0363. The third-order valence-corrected chi connectivity index (χ3v) is 12.2. The Hall–Kier alpha value is -1.43. The molecule has 0 aromatic heterocycles. The highest BCUT2D eigenvalue weighted by molar-refractivity contribution is 5.76. The van der Waals surface area contributed by atoms with Crippen LogP contribution in [0.2, 0.25) is 0 Å². The first-order valence-electron chi connectivity index (χ1n) is 26.3. The van der Waals surface area contributed by atoms with Crippen molar-refractivity contribution in [3.63, 3.8) is 0 Å². The Balaban J connectivity index is 3.61. The molecular weight excluding hydrogens is 727 g/mol. The molecule has 1 amide bonds. The van der Waals surface area contributed by atoms with Crippen LogP contribution < -0.4 is 5.32 Å². The molecule has 0 aliphatic heterocycles. The number of carbonyl (C=O) groups is 1. The highest BCUT2D eigenvalue weighted by Gasteiger charge is 2.20. The Kier molecular flexibility index (Phi) is 48.0. The van der Waals surface area contributed by atoms with E-state index in [0.29, 0.717) is 6.42 Å². The number of amides is 1. The third-order valence-electron chi connectivity index (χ3n) is 12.2. The summed E-state index contributed by atoms with van der Waals surface area (Å²) in [6, 6.07) is -0.766. The van der Waals surface area contributed by atoms with E-state index in [9.17, 15) is 20.1 Å². The van der Waals surface area contributed by atoms with E-state index in [1.165, 1.54) is 212 Å². The fourth-order valence-corrected chi connectivity index (χ4v) is 8.14. The Bertz CT molecular complexity index is 916. The lowest BCUT2D eigenvalue weighted by atomic mass is 10.0. The molecule has 0 radical (unpaired) electrons. The minimum absolute atomic E-state index is 0.00553. The van der Waals surface area contributed by atoms with Crippen molar-refractivity contribution in [3.05, 3.63) is 36.5 Å². The van der Waals surface area contributed by atoms with Gasteiger partial charge in [-0.15, -0.1) is 0 Å². The number of aliphatic hydroxyl groups is 3. The molecule has 59 heavy (non-hydrogen) atoms. The lowest BCUT2D eigenvalue weighted by molar-refractivity contribution is -0.124. The number of hydrogen-bond acceptors (Lipinski definition) is 4. The standard InChI is InChI=1S/C54H103NO4/c1-3-5-7-9-11-13-15-17-19-21-23-24-25-26-27-28-30-31-33-35-37-39-41-43-45-47-51(57)49-54(59)55-52(50-56)53(58)48-46-44-42-40-38-36-34-32-29-22-20-18-16-14-12-10-8-6-4-2/h29,32,38,40,46,48,51-53,56-58H,3-28,30-31,33-37,39,41-45,47,49-50H2,1-2H3,(H,55,59)/b32-29+,40-38+,48-46+. The van der Waals surface area contributed by atoms with Gasteiger partial charge in [0.25, 0.3) is 0 Å². The molecular formula is C54H103NO4. The van der Waals surface area contributed by atoms with Crippen LogP contribution in [0.3, 0.4) is 0 Å². The molecule has 3 unspecified atom stereocenters. The summed E-state index contributed by atoms with van der Waals surface area (Å²) >= 11 is 0. The average molecular weight is 830 g/mol. The van der Waals surface area contributed by atoms with Gasteiger partial charge in [-0.05, 0) is 44.9 Å². The Labute approximate surface area is 368 Å². The van der Waals surface area contributed by atoms with Gasteiger partial charge in [0, 0.05) is 0 Å².